The van der Waals surface area contributed by atoms with Gasteiger partial charge in [0.2, 0.25) is 0 Å². The van der Waals surface area contributed by atoms with Crippen molar-refractivity contribution < 1.29 is 90.9 Å². The highest BCUT2D eigenvalue weighted by molar-refractivity contribution is 5.92. The molecule has 0 bridgehead atoms. The van der Waals surface area contributed by atoms with Crippen molar-refractivity contribution in [3.05, 3.63) is 297 Å². The Morgan fingerprint density at radius 1 is 0.402 bits per heavy atom. The number of alkyl halides is 12. The molecule has 8 aromatic carbocycles. The molecule has 8 aromatic rings. The molecule has 3 N–H and O–H groups in total. The Kier molecular flexibility index (Phi) is 29.9. The topological polar surface area (TPSA) is 161 Å². The standard InChI is InChI=1S/C31H32F6N2O2.C22H25NO3.C20H19NO3.C9H7F6N/c1-2-27-17-26(38-19-23-13-24(30(32,33)34)16-25(14-23)31(35,36)37)18-28(15-21-9-5-3-6-10-21)39(27)29(40)41-20-22-11-7-4-8-12-22;1-2-19-14-21(24)15-20(13-17-9-5-3-6-10-17)23(19)22(25)26-16-18-11-7-4-8-12-18;22-19-11-12-21(18(14-19)13-16-7-3-1-4-8-16)20(23)24-15-17-9-5-2-6-10-17;10-8(11,12)6-1-5(4-16)2-7(3-6)9(13,14)15/h3-14,16,26-28,38H,2,15,17-20H2,1H3;3-12,19-20H,2,13-16H2,1H3;1-12,18H,13-15H2;1-3H,4,16H2. The molecule has 0 spiro atoms. The van der Waals surface area contributed by atoms with Crippen molar-refractivity contribution in [1.82, 2.24) is 20.0 Å². The van der Waals surface area contributed by atoms with Crippen LogP contribution in [-0.4, -0.2) is 80.8 Å². The average Bonchev–Trinajstić information content (AvgIpc) is 0.593. The minimum atomic E-state index is -4.91. The third-order valence-corrected chi connectivity index (χ3v) is 18.1. The van der Waals surface area contributed by atoms with Crippen LogP contribution in [0.15, 0.2) is 231 Å². The third kappa shape index (κ3) is 25.7. The van der Waals surface area contributed by atoms with E-state index in [4.69, 9.17) is 19.9 Å². The molecule has 11 rings (SSSR count). The van der Waals surface area contributed by atoms with Crippen LogP contribution in [0.4, 0.5) is 67.1 Å². The molecule has 3 aliphatic heterocycles. The van der Waals surface area contributed by atoms with Crippen LogP contribution in [-0.2, 0) is 101 Å². The number of halogens is 12. The van der Waals surface area contributed by atoms with Crippen LogP contribution < -0.4 is 11.1 Å². The number of amides is 3. The molecular weight excluding hydrogens is 1410 g/mol. The number of ketones is 2. The summed E-state index contributed by atoms with van der Waals surface area (Å²) in [5.41, 5.74) is 5.32. The van der Waals surface area contributed by atoms with Gasteiger partial charge in [0.15, 0.2) is 5.78 Å². The molecule has 107 heavy (non-hydrogen) atoms. The summed E-state index contributed by atoms with van der Waals surface area (Å²) in [6, 6.07) is 59.6. The number of likely N-dealkylation sites (tertiary alicyclic amines) is 2. The number of carbonyl (C=O) groups excluding carboxylic acids is 5. The molecule has 0 radical (unpaired) electrons. The first-order valence-electron chi connectivity index (χ1n) is 34.8. The van der Waals surface area contributed by atoms with E-state index in [1.807, 2.05) is 196 Å². The lowest BCUT2D eigenvalue weighted by molar-refractivity contribution is -0.144. The largest absolute Gasteiger partial charge is 0.445 e. The highest BCUT2D eigenvalue weighted by atomic mass is 19.4. The summed E-state index contributed by atoms with van der Waals surface area (Å²) >= 11 is 0. The first-order valence-corrected chi connectivity index (χ1v) is 34.8. The van der Waals surface area contributed by atoms with Gasteiger partial charge in [-0.2, -0.15) is 52.7 Å². The lowest BCUT2D eigenvalue weighted by atomic mass is 9.87. The number of piperidine rings is 2. The highest BCUT2D eigenvalue weighted by Crippen LogP contribution is 2.39. The molecule has 2 fully saturated rings. The molecular formula is C82H83F12N5O8. The summed E-state index contributed by atoms with van der Waals surface area (Å²) in [7, 11) is 0. The summed E-state index contributed by atoms with van der Waals surface area (Å²) in [6.07, 6.45) is -12.4. The molecule has 3 heterocycles. The second-order valence-electron chi connectivity index (χ2n) is 26.0. The van der Waals surface area contributed by atoms with Gasteiger partial charge in [-0.15, -0.1) is 0 Å². The Labute approximate surface area is 613 Å². The summed E-state index contributed by atoms with van der Waals surface area (Å²) in [5.74, 6) is 0.257. The maximum absolute atomic E-state index is 13.4. The second kappa shape index (κ2) is 38.8. The zero-order valence-corrected chi connectivity index (χ0v) is 58.7. The van der Waals surface area contributed by atoms with E-state index in [-0.39, 0.29) is 110 Å². The molecule has 3 amide bonds. The van der Waals surface area contributed by atoms with Gasteiger partial charge in [0.25, 0.3) is 0 Å². The van der Waals surface area contributed by atoms with Gasteiger partial charge in [-0.1, -0.05) is 196 Å². The Morgan fingerprint density at radius 2 is 0.729 bits per heavy atom. The minimum Gasteiger partial charge on any atom is -0.445 e. The fourth-order valence-corrected chi connectivity index (χ4v) is 12.8. The van der Waals surface area contributed by atoms with E-state index in [2.05, 4.69) is 5.32 Å². The molecule has 6 unspecified atom stereocenters. The van der Waals surface area contributed by atoms with E-state index in [1.165, 1.54) is 17.2 Å². The normalized spacial score (nSPS) is 18.1. The van der Waals surface area contributed by atoms with Crippen molar-refractivity contribution in [2.45, 2.75) is 172 Å². The number of benzene rings is 8. The minimum absolute atomic E-state index is 0.0306. The first kappa shape index (κ1) is 82.4. The van der Waals surface area contributed by atoms with Gasteiger partial charge in [-0.3, -0.25) is 14.5 Å². The number of carbonyl (C=O) groups is 5. The van der Waals surface area contributed by atoms with E-state index in [1.54, 1.807) is 9.80 Å². The zero-order chi connectivity index (χ0) is 77.3. The van der Waals surface area contributed by atoms with E-state index >= 15 is 0 Å². The summed E-state index contributed by atoms with van der Waals surface area (Å²) in [4.78, 5) is 67.6. The Bertz CT molecular complexity index is 4090. The number of Topliss-reactive ketones (excluding diaryl/α,β-unsaturated/α-hetero) is 1. The molecule has 0 saturated carbocycles. The van der Waals surface area contributed by atoms with E-state index in [9.17, 15) is 76.7 Å². The summed E-state index contributed by atoms with van der Waals surface area (Å²) in [6.45, 7) is 3.97. The van der Waals surface area contributed by atoms with E-state index < -0.39 is 59.1 Å². The molecule has 0 aliphatic carbocycles. The van der Waals surface area contributed by atoms with Crippen LogP contribution in [0.2, 0.25) is 0 Å². The maximum Gasteiger partial charge on any atom is 0.416 e. The maximum atomic E-state index is 13.4. The smallest absolute Gasteiger partial charge is 0.416 e. The zero-order valence-electron chi connectivity index (χ0n) is 58.7. The van der Waals surface area contributed by atoms with E-state index in [0.717, 1.165) is 51.9 Å². The monoisotopic (exact) mass is 1490 g/mol. The highest BCUT2D eigenvalue weighted by Gasteiger charge is 2.42. The van der Waals surface area contributed by atoms with Crippen LogP contribution in [0.5, 0.6) is 0 Å². The predicted molar refractivity (Wildman–Crippen MR) is 379 cm³/mol. The van der Waals surface area contributed by atoms with Crippen molar-refractivity contribution in [3.63, 3.8) is 0 Å². The molecule has 6 atom stereocenters. The van der Waals surface area contributed by atoms with Crippen LogP contribution in [0, 0.1) is 0 Å². The number of nitrogens with two attached hydrogens (primary N) is 1. The second-order valence-corrected chi connectivity index (χ2v) is 26.0. The summed E-state index contributed by atoms with van der Waals surface area (Å²) < 4.78 is 170. The fraction of sp³-hybridized carbons (Fsp3) is 0.329. The third-order valence-electron chi connectivity index (χ3n) is 18.1. The molecule has 25 heteroatoms. The SMILES string of the molecule is CCC1CC(=O)CC(Cc2ccccc2)N1C(=O)OCc1ccccc1.CCC1CC(NCc2cc(C(F)(F)F)cc(C(F)(F)F)c2)CC(Cc2ccccc2)N1C(=O)OCc1ccccc1.NCc1cc(C(F)(F)F)cc(C(F)(F)F)c1.O=C1C=CN(C(=O)OCc2ccccc2)C(Cc2ccccc2)C1. The van der Waals surface area contributed by atoms with Gasteiger partial charge in [0, 0.05) is 68.8 Å². The van der Waals surface area contributed by atoms with Gasteiger partial charge in [-0.05, 0) is 132 Å². The molecule has 13 nitrogen and oxygen atoms in total. The molecule has 3 aliphatic rings. The van der Waals surface area contributed by atoms with Gasteiger partial charge in [-0.25, -0.2) is 14.4 Å². The lowest BCUT2D eigenvalue weighted by Gasteiger charge is -2.45. The lowest BCUT2D eigenvalue weighted by Crippen LogP contribution is -2.56. The van der Waals surface area contributed by atoms with Gasteiger partial charge in [0.05, 0.1) is 28.3 Å². The van der Waals surface area contributed by atoms with Crippen LogP contribution in [0.3, 0.4) is 0 Å². The predicted octanol–water partition coefficient (Wildman–Crippen LogP) is 19.3. The van der Waals surface area contributed by atoms with Crippen molar-refractivity contribution >= 4 is 29.8 Å². The van der Waals surface area contributed by atoms with Gasteiger partial charge < -0.3 is 35.1 Å². The number of nitrogens with zero attached hydrogens (tertiary/aromatic N) is 3. The Hall–Kier alpha value is -10.3. The Balaban J connectivity index is 0.000000190. The number of nitrogens with one attached hydrogen (secondary N) is 1. The fourth-order valence-electron chi connectivity index (χ4n) is 12.8. The molecule has 568 valence electrons. The number of hydrogen-bond donors (Lipinski definition) is 2. The van der Waals surface area contributed by atoms with Crippen molar-refractivity contribution in [3.8, 4) is 0 Å². The van der Waals surface area contributed by atoms with Crippen molar-refractivity contribution in [2.24, 2.45) is 5.73 Å². The van der Waals surface area contributed by atoms with Crippen molar-refractivity contribution in [1.29, 1.82) is 0 Å². The van der Waals surface area contributed by atoms with Gasteiger partial charge in [0.1, 0.15) is 25.6 Å². The van der Waals surface area contributed by atoms with E-state index in [0.29, 0.717) is 69.9 Å². The number of allylic oxidation sites excluding steroid dienone is 1. The Morgan fingerprint density at radius 3 is 1.10 bits per heavy atom. The molecule has 2 saturated heterocycles. The average molecular weight is 1490 g/mol. The first-order chi connectivity index (χ1) is 51.0. The van der Waals surface area contributed by atoms with Crippen LogP contribution in [0.25, 0.3) is 0 Å². The van der Waals surface area contributed by atoms with Gasteiger partial charge >= 0.3 is 43.0 Å². The van der Waals surface area contributed by atoms with Crippen molar-refractivity contribution in [2.75, 3.05) is 0 Å². The number of rotatable bonds is 18. The molecule has 0 aromatic heterocycles. The number of hydrogen-bond acceptors (Lipinski definition) is 10. The number of ether oxygens (including phenoxy) is 3. The van der Waals surface area contributed by atoms with Crippen LogP contribution in [0.1, 0.15) is 126 Å². The quantitative estimate of drug-likeness (QED) is 0.0625. The van der Waals surface area contributed by atoms with Crippen LogP contribution >= 0.6 is 0 Å². The summed E-state index contributed by atoms with van der Waals surface area (Å²) in [5, 5.41) is 3.18.